The smallest absolute Gasteiger partial charge is 0.251 e. The number of benzene rings is 2. The van der Waals surface area contributed by atoms with Crippen molar-refractivity contribution in [3.8, 4) is 0 Å². The highest BCUT2D eigenvalue weighted by Crippen LogP contribution is 2.24. The van der Waals surface area contributed by atoms with Gasteiger partial charge in [0.15, 0.2) is 0 Å². The predicted octanol–water partition coefficient (Wildman–Crippen LogP) is 1.72. The van der Waals surface area contributed by atoms with E-state index in [9.17, 15) is 9.59 Å². The molecule has 1 heterocycles. The summed E-state index contributed by atoms with van der Waals surface area (Å²) in [5, 5.41) is 5.56. The molecule has 5 heteroatoms. The van der Waals surface area contributed by atoms with Crippen molar-refractivity contribution in [2.75, 3.05) is 20.1 Å². The van der Waals surface area contributed by atoms with Crippen LogP contribution in [0.5, 0.6) is 0 Å². The van der Waals surface area contributed by atoms with Crippen molar-refractivity contribution >= 4 is 11.8 Å². The topological polar surface area (TPSA) is 61.4 Å². The molecule has 2 aromatic rings. The third-order valence-electron chi connectivity index (χ3n) is 4.29. The monoisotopic (exact) mass is 323 g/mol. The van der Waals surface area contributed by atoms with Gasteiger partial charge in [-0.1, -0.05) is 42.5 Å². The van der Waals surface area contributed by atoms with Crippen LogP contribution in [-0.4, -0.2) is 36.9 Å². The Labute approximate surface area is 141 Å². The predicted molar refractivity (Wildman–Crippen MR) is 92.4 cm³/mol. The minimum atomic E-state index is -0.0962. The molecule has 124 valence electrons. The van der Waals surface area contributed by atoms with Crippen molar-refractivity contribution in [2.45, 2.75) is 12.6 Å². The van der Waals surface area contributed by atoms with Gasteiger partial charge in [0.2, 0.25) is 5.91 Å². The van der Waals surface area contributed by atoms with Crippen LogP contribution in [0.2, 0.25) is 0 Å². The van der Waals surface area contributed by atoms with Crippen LogP contribution >= 0.6 is 0 Å². The van der Waals surface area contributed by atoms with Crippen molar-refractivity contribution < 1.29 is 9.59 Å². The van der Waals surface area contributed by atoms with E-state index in [1.54, 1.807) is 7.05 Å². The zero-order valence-corrected chi connectivity index (χ0v) is 13.7. The molecule has 1 saturated heterocycles. The SMILES string of the molecule is CNC(=O)c1ccc(CN2CC(=O)NCC2c2ccccc2)cc1. The molecule has 24 heavy (non-hydrogen) atoms. The summed E-state index contributed by atoms with van der Waals surface area (Å²) in [5.74, 6) is -0.0507. The maximum Gasteiger partial charge on any atom is 0.251 e. The summed E-state index contributed by atoms with van der Waals surface area (Å²) in [6.45, 7) is 1.65. The molecule has 2 amide bonds. The summed E-state index contributed by atoms with van der Waals surface area (Å²) in [6.07, 6.45) is 0. The van der Waals surface area contributed by atoms with Crippen LogP contribution in [0, 0.1) is 0 Å². The molecular formula is C19H21N3O2. The second kappa shape index (κ2) is 7.27. The maximum atomic E-state index is 11.8. The molecule has 2 aromatic carbocycles. The van der Waals surface area contributed by atoms with E-state index in [0.29, 0.717) is 25.2 Å². The van der Waals surface area contributed by atoms with Gasteiger partial charge in [-0.25, -0.2) is 0 Å². The zero-order valence-electron chi connectivity index (χ0n) is 13.7. The summed E-state index contributed by atoms with van der Waals surface area (Å²) in [6, 6.07) is 17.9. The molecule has 5 nitrogen and oxygen atoms in total. The summed E-state index contributed by atoms with van der Waals surface area (Å²) >= 11 is 0. The Balaban J connectivity index is 1.77. The molecule has 1 unspecified atom stereocenters. The first-order valence-corrected chi connectivity index (χ1v) is 8.04. The largest absolute Gasteiger partial charge is 0.355 e. The highest BCUT2D eigenvalue weighted by molar-refractivity contribution is 5.93. The van der Waals surface area contributed by atoms with E-state index in [2.05, 4.69) is 27.7 Å². The van der Waals surface area contributed by atoms with E-state index in [0.717, 1.165) is 5.56 Å². The van der Waals surface area contributed by atoms with Gasteiger partial charge in [0, 0.05) is 25.7 Å². The molecule has 2 N–H and O–H groups in total. The number of nitrogens with one attached hydrogen (secondary N) is 2. The van der Waals surface area contributed by atoms with E-state index in [-0.39, 0.29) is 17.9 Å². The van der Waals surface area contributed by atoms with Gasteiger partial charge in [-0.2, -0.15) is 0 Å². The lowest BCUT2D eigenvalue weighted by molar-refractivity contribution is -0.125. The van der Waals surface area contributed by atoms with Crippen LogP contribution in [0.15, 0.2) is 54.6 Å². The lowest BCUT2D eigenvalue weighted by atomic mass is 10.0. The molecule has 1 aliphatic heterocycles. The normalized spacial score (nSPS) is 18.0. The van der Waals surface area contributed by atoms with E-state index in [4.69, 9.17) is 0 Å². The Bertz CT molecular complexity index is 713. The first kappa shape index (κ1) is 16.2. The van der Waals surface area contributed by atoms with Gasteiger partial charge >= 0.3 is 0 Å². The Kier molecular flexibility index (Phi) is 4.91. The molecule has 0 aromatic heterocycles. The van der Waals surface area contributed by atoms with Gasteiger partial charge in [0.25, 0.3) is 5.91 Å². The van der Waals surface area contributed by atoms with Gasteiger partial charge in [-0.3, -0.25) is 14.5 Å². The van der Waals surface area contributed by atoms with Crippen LogP contribution in [0.4, 0.5) is 0 Å². The lowest BCUT2D eigenvalue weighted by Gasteiger charge is -2.35. The first-order valence-electron chi connectivity index (χ1n) is 8.04. The maximum absolute atomic E-state index is 11.8. The zero-order chi connectivity index (χ0) is 16.9. The number of rotatable bonds is 4. The summed E-state index contributed by atoms with van der Waals surface area (Å²) in [7, 11) is 1.62. The number of hydrogen-bond acceptors (Lipinski definition) is 3. The molecule has 0 radical (unpaired) electrons. The minimum Gasteiger partial charge on any atom is -0.355 e. The average molecular weight is 323 g/mol. The fraction of sp³-hybridized carbons (Fsp3) is 0.263. The number of hydrogen-bond donors (Lipinski definition) is 2. The van der Waals surface area contributed by atoms with Crippen LogP contribution in [-0.2, 0) is 11.3 Å². The number of carbonyl (C=O) groups excluding carboxylic acids is 2. The molecule has 1 atom stereocenters. The second-order valence-electron chi connectivity index (χ2n) is 5.91. The number of nitrogens with zero attached hydrogens (tertiary/aromatic N) is 1. The van der Waals surface area contributed by atoms with Crippen molar-refractivity contribution in [1.29, 1.82) is 0 Å². The van der Waals surface area contributed by atoms with Crippen LogP contribution in [0.1, 0.15) is 27.5 Å². The quantitative estimate of drug-likeness (QED) is 0.901. The summed E-state index contributed by atoms with van der Waals surface area (Å²) in [5.41, 5.74) is 2.91. The third-order valence-corrected chi connectivity index (χ3v) is 4.29. The number of amides is 2. The van der Waals surface area contributed by atoms with E-state index >= 15 is 0 Å². The fourth-order valence-electron chi connectivity index (χ4n) is 3.00. The summed E-state index contributed by atoms with van der Waals surface area (Å²) < 4.78 is 0. The van der Waals surface area contributed by atoms with Crippen molar-refractivity contribution in [1.82, 2.24) is 15.5 Å². The van der Waals surface area contributed by atoms with Crippen molar-refractivity contribution in [2.24, 2.45) is 0 Å². The molecule has 1 aliphatic rings. The Morgan fingerprint density at radius 2 is 1.88 bits per heavy atom. The third kappa shape index (κ3) is 3.63. The highest BCUT2D eigenvalue weighted by Gasteiger charge is 2.27. The van der Waals surface area contributed by atoms with Gasteiger partial charge in [-0.05, 0) is 23.3 Å². The minimum absolute atomic E-state index is 0.0455. The van der Waals surface area contributed by atoms with Gasteiger partial charge < -0.3 is 10.6 Å². The Hall–Kier alpha value is -2.66. The van der Waals surface area contributed by atoms with Gasteiger partial charge in [0.1, 0.15) is 0 Å². The molecule has 0 aliphatic carbocycles. The van der Waals surface area contributed by atoms with E-state index in [1.807, 2.05) is 42.5 Å². The van der Waals surface area contributed by atoms with E-state index < -0.39 is 0 Å². The highest BCUT2D eigenvalue weighted by atomic mass is 16.2. The average Bonchev–Trinajstić information content (AvgIpc) is 2.62. The van der Waals surface area contributed by atoms with E-state index in [1.165, 1.54) is 5.56 Å². The molecule has 0 saturated carbocycles. The Morgan fingerprint density at radius 1 is 1.17 bits per heavy atom. The molecule has 3 rings (SSSR count). The van der Waals surface area contributed by atoms with Crippen LogP contribution in [0.25, 0.3) is 0 Å². The second-order valence-corrected chi connectivity index (χ2v) is 5.91. The number of carbonyl (C=O) groups is 2. The molecule has 0 spiro atoms. The summed E-state index contributed by atoms with van der Waals surface area (Å²) in [4.78, 5) is 25.6. The van der Waals surface area contributed by atoms with Crippen molar-refractivity contribution in [3.05, 3.63) is 71.3 Å². The van der Waals surface area contributed by atoms with Crippen LogP contribution in [0.3, 0.4) is 0 Å². The first-order chi connectivity index (χ1) is 11.7. The molecule has 1 fully saturated rings. The molecule has 0 bridgehead atoms. The van der Waals surface area contributed by atoms with Crippen LogP contribution < -0.4 is 10.6 Å². The molecular weight excluding hydrogens is 302 g/mol. The standard InChI is InChI=1S/C19H21N3O2/c1-20-19(24)16-9-7-14(8-10-16)12-22-13-18(23)21-11-17(22)15-5-3-2-4-6-15/h2-10,17H,11-13H2,1H3,(H,20,24)(H,21,23). The fourth-order valence-corrected chi connectivity index (χ4v) is 3.00. The van der Waals surface area contributed by atoms with Crippen molar-refractivity contribution in [3.63, 3.8) is 0 Å². The number of piperazine rings is 1. The van der Waals surface area contributed by atoms with Gasteiger partial charge in [-0.15, -0.1) is 0 Å². The van der Waals surface area contributed by atoms with Gasteiger partial charge in [0.05, 0.1) is 12.6 Å². The Morgan fingerprint density at radius 3 is 2.54 bits per heavy atom. The lowest BCUT2D eigenvalue weighted by Crippen LogP contribution is -2.49.